The van der Waals surface area contributed by atoms with E-state index in [1.807, 2.05) is 29.6 Å². The first-order chi connectivity index (χ1) is 15.3. The van der Waals surface area contributed by atoms with E-state index >= 15 is 0 Å². The highest BCUT2D eigenvalue weighted by atomic mass is 32.2. The van der Waals surface area contributed by atoms with Crippen molar-refractivity contribution >= 4 is 54.1 Å². The maximum atomic E-state index is 12.9. The molecule has 5 nitrogen and oxygen atoms in total. The standard InChI is InChI=1S/C23H23N3O2S4/c1-15(2)8-4-5-9-16(3)21-25-19(13-30-21)22-24-17(12-29-22)14-32(27,28)23-26-18-10-6-7-11-20(18)31-23/h4-13,15-16H,14H2,1-3H3/b8-4+,9-5+/t16-/m0/s1. The fourth-order valence-electron chi connectivity index (χ4n) is 2.93. The maximum Gasteiger partial charge on any atom is 0.211 e. The number of allylic oxidation sites excluding steroid dienone is 4. The summed E-state index contributed by atoms with van der Waals surface area (Å²) in [5, 5.41) is 5.51. The van der Waals surface area contributed by atoms with Crippen LogP contribution < -0.4 is 0 Å². The molecule has 0 bridgehead atoms. The number of thiazole rings is 3. The number of sulfone groups is 1. The van der Waals surface area contributed by atoms with E-state index in [2.05, 4.69) is 55.0 Å². The highest BCUT2D eigenvalue weighted by Gasteiger charge is 2.22. The smallest absolute Gasteiger partial charge is 0.211 e. The van der Waals surface area contributed by atoms with E-state index in [9.17, 15) is 8.42 Å². The number of hydrogen-bond acceptors (Lipinski definition) is 8. The summed E-state index contributed by atoms with van der Waals surface area (Å²) in [6.07, 6.45) is 8.39. The molecule has 1 atom stereocenters. The van der Waals surface area contributed by atoms with Gasteiger partial charge in [-0.2, -0.15) is 0 Å². The number of fused-ring (bicyclic) bond motifs is 1. The van der Waals surface area contributed by atoms with Gasteiger partial charge in [-0.3, -0.25) is 0 Å². The molecule has 0 fully saturated rings. The lowest BCUT2D eigenvalue weighted by atomic mass is 10.1. The number of aromatic nitrogens is 3. The van der Waals surface area contributed by atoms with Gasteiger partial charge in [0.2, 0.25) is 14.2 Å². The SMILES string of the molecule is CC(C)/C=C/C=C/[C@H](C)c1nc(-c2nc(CS(=O)(=O)c3nc4ccccc4s3)cs2)cs1. The molecule has 4 aromatic rings. The summed E-state index contributed by atoms with van der Waals surface area (Å²) in [6, 6.07) is 7.43. The van der Waals surface area contributed by atoms with E-state index in [1.54, 1.807) is 16.7 Å². The second kappa shape index (κ2) is 9.74. The van der Waals surface area contributed by atoms with E-state index in [1.165, 1.54) is 22.7 Å². The molecule has 0 radical (unpaired) electrons. The van der Waals surface area contributed by atoms with Gasteiger partial charge in [0.05, 0.1) is 20.9 Å². The molecule has 0 unspecified atom stereocenters. The molecular formula is C23H23N3O2S4. The van der Waals surface area contributed by atoms with Gasteiger partial charge in [0.25, 0.3) is 0 Å². The summed E-state index contributed by atoms with van der Waals surface area (Å²) in [5.41, 5.74) is 2.01. The molecule has 166 valence electrons. The Labute approximate surface area is 200 Å². The Morgan fingerprint density at radius 3 is 2.53 bits per heavy atom. The fourth-order valence-corrected chi connectivity index (χ4v) is 7.28. The third-order valence-corrected chi connectivity index (χ3v) is 9.67. The molecule has 0 aliphatic heterocycles. The van der Waals surface area contributed by atoms with Gasteiger partial charge in [-0.25, -0.2) is 23.4 Å². The minimum absolute atomic E-state index is 0.135. The Bertz CT molecular complexity index is 1340. The number of para-hydroxylation sites is 1. The molecule has 0 amide bonds. The predicted octanol–water partition coefficient (Wildman–Crippen LogP) is 6.72. The highest BCUT2D eigenvalue weighted by molar-refractivity contribution is 7.92. The van der Waals surface area contributed by atoms with Gasteiger partial charge in [-0.15, -0.1) is 34.0 Å². The number of nitrogens with zero attached hydrogens (tertiary/aromatic N) is 3. The number of hydrogen-bond donors (Lipinski definition) is 0. The average molecular weight is 502 g/mol. The second-order valence-electron chi connectivity index (χ2n) is 7.72. The summed E-state index contributed by atoms with van der Waals surface area (Å²) in [4.78, 5) is 13.6. The summed E-state index contributed by atoms with van der Waals surface area (Å²) < 4.78 is 26.7. The minimum atomic E-state index is -3.55. The Kier molecular flexibility index (Phi) is 6.99. The first-order valence-electron chi connectivity index (χ1n) is 10.2. The molecule has 0 N–H and O–H groups in total. The van der Waals surface area contributed by atoms with Crippen LogP contribution in [-0.4, -0.2) is 23.4 Å². The first kappa shape index (κ1) is 23.0. The first-order valence-corrected chi connectivity index (χ1v) is 14.4. The van der Waals surface area contributed by atoms with E-state index in [0.717, 1.165) is 20.4 Å². The van der Waals surface area contributed by atoms with Crippen molar-refractivity contribution in [3.8, 4) is 10.7 Å². The molecule has 0 aliphatic carbocycles. The van der Waals surface area contributed by atoms with Crippen LogP contribution in [0.3, 0.4) is 0 Å². The van der Waals surface area contributed by atoms with Crippen LogP contribution in [0.1, 0.15) is 37.4 Å². The van der Waals surface area contributed by atoms with Gasteiger partial charge < -0.3 is 0 Å². The molecule has 0 spiro atoms. The van der Waals surface area contributed by atoms with Crippen molar-refractivity contribution in [3.05, 3.63) is 70.0 Å². The topological polar surface area (TPSA) is 72.8 Å². The van der Waals surface area contributed by atoms with Gasteiger partial charge in [0.1, 0.15) is 16.5 Å². The predicted molar refractivity (Wildman–Crippen MR) is 135 cm³/mol. The van der Waals surface area contributed by atoms with Crippen LogP contribution >= 0.6 is 34.0 Å². The zero-order valence-electron chi connectivity index (χ0n) is 17.9. The Morgan fingerprint density at radius 1 is 0.969 bits per heavy atom. The van der Waals surface area contributed by atoms with Crippen LogP contribution in [0.2, 0.25) is 0 Å². The third-order valence-electron chi connectivity index (χ3n) is 4.57. The van der Waals surface area contributed by atoms with E-state index in [0.29, 0.717) is 17.1 Å². The van der Waals surface area contributed by atoms with Crippen molar-refractivity contribution in [1.82, 2.24) is 15.0 Å². The molecule has 32 heavy (non-hydrogen) atoms. The highest BCUT2D eigenvalue weighted by Crippen LogP contribution is 2.31. The average Bonchev–Trinajstić information content (AvgIpc) is 3.49. The van der Waals surface area contributed by atoms with Gasteiger partial charge in [0, 0.05) is 16.7 Å². The Balaban J connectivity index is 1.47. The summed E-state index contributed by atoms with van der Waals surface area (Å²) in [7, 11) is -3.55. The number of benzene rings is 1. The lowest BCUT2D eigenvalue weighted by Crippen LogP contribution is -2.04. The van der Waals surface area contributed by atoms with Crippen molar-refractivity contribution in [2.75, 3.05) is 0 Å². The Morgan fingerprint density at radius 2 is 1.75 bits per heavy atom. The van der Waals surface area contributed by atoms with E-state index in [4.69, 9.17) is 4.98 Å². The lowest BCUT2D eigenvalue weighted by Gasteiger charge is -1.99. The normalized spacial score (nSPS) is 13.8. The summed E-state index contributed by atoms with van der Waals surface area (Å²) in [5.74, 6) is 0.560. The van der Waals surface area contributed by atoms with Crippen molar-refractivity contribution in [2.24, 2.45) is 5.92 Å². The van der Waals surface area contributed by atoms with Gasteiger partial charge in [-0.05, 0) is 18.1 Å². The van der Waals surface area contributed by atoms with E-state index in [-0.39, 0.29) is 16.0 Å². The zero-order chi connectivity index (χ0) is 22.7. The van der Waals surface area contributed by atoms with Crippen LogP contribution in [0.15, 0.2) is 63.7 Å². The van der Waals surface area contributed by atoms with Crippen LogP contribution in [0.5, 0.6) is 0 Å². The van der Waals surface area contributed by atoms with Crippen LogP contribution in [0.4, 0.5) is 0 Å². The molecule has 4 rings (SSSR count). The largest absolute Gasteiger partial charge is 0.238 e. The van der Waals surface area contributed by atoms with E-state index < -0.39 is 9.84 Å². The van der Waals surface area contributed by atoms with Crippen molar-refractivity contribution in [1.29, 1.82) is 0 Å². The molecule has 3 heterocycles. The van der Waals surface area contributed by atoms with Crippen molar-refractivity contribution < 1.29 is 8.42 Å². The molecule has 3 aromatic heterocycles. The van der Waals surface area contributed by atoms with Gasteiger partial charge in [-0.1, -0.05) is 57.2 Å². The third kappa shape index (κ3) is 5.40. The molecule has 9 heteroatoms. The van der Waals surface area contributed by atoms with Gasteiger partial charge in [0.15, 0.2) is 0 Å². The van der Waals surface area contributed by atoms with Crippen LogP contribution in [0, 0.1) is 5.92 Å². The number of rotatable bonds is 8. The van der Waals surface area contributed by atoms with Crippen molar-refractivity contribution in [2.45, 2.75) is 36.8 Å². The quantitative estimate of drug-likeness (QED) is 0.251. The van der Waals surface area contributed by atoms with Crippen molar-refractivity contribution in [3.63, 3.8) is 0 Å². The lowest BCUT2D eigenvalue weighted by molar-refractivity contribution is 0.594. The Hall–Kier alpha value is -2.20. The molecular weight excluding hydrogens is 479 g/mol. The fraction of sp³-hybridized carbons (Fsp3) is 0.261. The van der Waals surface area contributed by atoms with Crippen LogP contribution in [0.25, 0.3) is 20.9 Å². The monoisotopic (exact) mass is 501 g/mol. The zero-order valence-corrected chi connectivity index (χ0v) is 21.2. The van der Waals surface area contributed by atoms with Gasteiger partial charge >= 0.3 is 0 Å². The summed E-state index contributed by atoms with van der Waals surface area (Å²) in [6.45, 7) is 6.40. The molecule has 0 aliphatic rings. The molecule has 1 aromatic carbocycles. The molecule has 0 saturated heterocycles. The molecule has 0 saturated carbocycles. The second-order valence-corrected chi connectivity index (χ2v) is 12.7. The summed E-state index contributed by atoms with van der Waals surface area (Å²) >= 11 is 4.21. The van der Waals surface area contributed by atoms with Crippen LogP contribution in [-0.2, 0) is 15.6 Å². The minimum Gasteiger partial charge on any atom is -0.238 e. The maximum absolute atomic E-state index is 12.9.